The number of likely N-dealkylation sites (tertiary alicyclic amines) is 1. The highest BCUT2D eigenvalue weighted by molar-refractivity contribution is 5.90. The van der Waals surface area contributed by atoms with E-state index in [0.717, 1.165) is 12.8 Å². The van der Waals surface area contributed by atoms with Crippen LogP contribution in [0.5, 0.6) is 0 Å². The molecule has 5 nitrogen and oxygen atoms in total. The number of benzene rings is 2. The van der Waals surface area contributed by atoms with E-state index in [2.05, 4.69) is 5.32 Å². The lowest BCUT2D eigenvalue weighted by Gasteiger charge is -2.46. The SMILES string of the molecule is O=C(Nc1ccccc1F)N1CC2(CC(CCOCc3ccccc3F)CO2)C1. The molecule has 1 unspecified atom stereocenters. The lowest BCUT2D eigenvalue weighted by molar-refractivity contribution is -0.0894. The fourth-order valence-corrected chi connectivity index (χ4v) is 3.94. The molecule has 0 aliphatic carbocycles. The molecular weight excluding hydrogens is 378 g/mol. The number of rotatable bonds is 6. The highest BCUT2D eigenvalue weighted by Gasteiger charge is 2.51. The first kappa shape index (κ1) is 19.8. The monoisotopic (exact) mass is 402 g/mol. The molecule has 1 atom stereocenters. The second-order valence-corrected chi connectivity index (χ2v) is 7.76. The topological polar surface area (TPSA) is 50.8 Å². The molecule has 0 saturated carbocycles. The summed E-state index contributed by atoms with van der Waals surface area (Å²) in [4.78, 5) is 13.9. The average molecular weight is 402 g/mol. The summed E-state index contributed by atoms with van der Waals surface area (Å²) in [6.45, 7) is 2.43. The fourth-order valence-electron chi connectivity index (χ4n) is 3.94. The molecule has 1 spiro atoms. The third-order valence-electron chi connectivity index (χ3n) is 5.53. The minimum Gasteiger partial charge on any atom is -0.377 e. The van der Waals surface area contributed by atoms with Crippen LogP contribution in [0.3, 0.4) is 0 Å². The lowest BCUT2D eigenvalue weighted by atomic mass is 9.86. The maximum atomic E-state index is 13.7. The van der Waals surface area contributed by atoms with E-state index in [1.54, 1.807) is 35.2 Å². The van der Waals surface area contributed by atoms with Crippen molar-refractivity contribution in [3.05, 3.63) is 65.7 Å². The third-order valence-corrected chi connectivity index (χ3v) is 5.53. The van der Waals surface area contributed by atoms with Crippen molar-refractivity contribution in [2.45, 2.75) is 25.0 Å². The number of carbonyl (C=O) groups excluding carboxylic acids is 1. The number of ether oxygens (including phenoxy) is 2. The predicted molar refractivity (Wildman–Crippen MR) is 104 cm³/mol. The molecule has 2 aliphatic heterocycles. The van der Waals surface area contributed by atoms with Gasteiger partial charge in [0.05, 0.1) is 32.0 Å². The van der Waals surface area contributed by atoms with Crippen LogP contribution >= 0.6 is 0 Å². The van der Waals surface area contributed by atoms with Crippen LogP contribution in [0.4, 0.5) is 19.3 Å². The molecule has 2 saturated heterocycles. The smallest absolute Gasteiger partial charge is 0.322 e. The Labute approximate surface area is 168 Å². The predicted octanol–water partition coefficient (Wildman–Crippen LogP) is 4.19. The van der Waals surface area contributed by atoms with Crippen molar-refractivity contribution in [1.82, 2.24) is 4.90 Å². The summed E-state index contributed by atoms with van der Waals surface area (Å²) in [6, 6.07) is 12.4. The number of hydrogen-bond acceptors (Lipinski definition) is 3. The Morgan fingerprint density at radius 1 is 1.14 bits per heavy atom. The van der Waals surface area contributed by atoms with Gasteiger partial charge in [0.1, 0.15) is 17.2 Å². The molecule has 2 aliphatic rings. The van der Waals surface area contributed by atoms with Gasteiger partial charge in [0.2, 0.25) is 0 Å². The van der Waals surface area contributed by atoms with E-state index < -0.39 is 5.82 Å². The summed E-state index contributed by atoms with van der Waals surface area (Å²) < 4.78 is 38.8. The van der Waals surface area contributed by atoms with Crippen LogP contribution < -0.4 is 5.32 Å². The maximum Gasteiger partial charge on any atom is 0.322 e. The van der Waals surface area contributed by atoms with Gasteiger partial charge in [-0.05, 0) is 37.0 Å². The number of nitrogens with one attached hydrogen (secondary N) is 1. The highest BCUT2D eigenvalue weighted by Crippen LogP contribution is 2.39. The van der Waals surface area contributed by atoms with E-state index in [4.69, 9.17) is 9.47 Å². The van der Waals surface area contributed by atoms with Crippen LogP contribution in [-0.2, 0) is 16.1 Å². The molecule has 2 aromatic rings. The van der Waals surface area contributed by atoms with Gasteiger partial charge < -0.3 is 19.7 Å². The Morgan fingerprint density at radius 3 is 2.62 bits per heavy atom. The van der Waals surface area contributed by atoms with Crippen molar-refractivity contribution in [1.29, 1.82) is 0 Å². The van der Waals surface area contributed by atoms with Gasteiger partial charge in [-0.1, -0.05) is 30.3 Å². The number of hydrogen-bond donors (Lipinski definition) is 1. The molecule has 0 bridgehead atoms. The summed E-state index contributed by atoms with van der Waals surface area (Å²) in [5, 5.41) is 2.60. The summed E-state index contributed by atoms with van der Waals surface area (Å²) in [7, 11) is 0. The molecule has 4 rings (SSSR count). The van der Waals surface area contributed by atoms with Crippen LogP contribution in [0.25, 0.3) is 0 Å². The van der Waals surface area contributed by atoms with Crippen molar-refractivity contribution >= 4 is 11.7 Å². The van der Waals surface area contributed by atoms with Crippen molar-refractivity contribution in [3.63, 3.8) is 0 Å². The second kappa shape index (κ2) is 8.47. The molecule has 154 valence electrons. The molecule has 2 fully saturated rings. The van der Waals surface area contributed by atoms with Crippen molar-refractivity contribution in [3.8, 4) is 0 Å². The maximum absolute atomic E-state index is 13.7. The molecule has 2 aromatic carbocycles. The van der Waals surface area contributed by atoms with E-state index in [9.17, 15) is 13.6 Å². The van der Waals surface area contributed by atoms with Crippen LogP contribution in [0.15, 0.2) is 48.5 Å². The minimum absolute atomic E-state index is 0.177. The Morgan fingerprint density at radius 2 is 1.86 bits per heavy atom. The zero-order valence-corrected chi connectivity index (χ0v) is 16.1. The number of halogens is 2. The number of anilines is 1. The Hall–Kier alpha value is -2.51. The largest absolute Gasteiger partial charge is 0.377 e. The molecular formula is C22H24F2N2O3. The molecule has 0 radical (unpaired) electrons. The van der Waals surface area contributed by atoms with Gasteiger partial charge in [-0.15, -0.1) is 0 Å². The fraction of sp³-hybridized carbons (Fsp3) is 0.409. The summed E-state index contributed by atoms with van der Waals surface area (Å²) in [5.74, 6) is -0.352. The van der Waals surface area contributed by atoms with Gasteiger partial charge in [-0.3, -0.25) is 0 Å². The molecule has 0 aromatic heterocycles. The van der Waals surface area contributed by atoms with E-state index in [-0.39, 0.29) is 29.7 Å². The molecule has 7 heteroatoms. The van der Waals surface area contributed by atoms with E-state index in [1.807, 2.05) is 0 Å². The van der Waals surface area contributed by atoms with Gasteiger partial charge in [-0.25, -0.2) is 13.6 Å². The first-order valence-corrected chi connectivity index (χ1v) is 9.80. The Bertz CT molecular complexity index is 871. The van der Waals surface area contributed by atoms with Crippen molar-refractivity contribution in [2.24, 2.45) is 5.92 Å². The highest BCUT2D eigenvalue weighted by atomic mass is 19.1. The van der Waals surface area contributed by atoms with E-state index in [0.29, 0.717) is 37.8 Å². The van der Waals surface area contributed by atoms with Crippen LogP contribution in [0.1, 0.15) is 18.4 Å². The van der Waals surface area contributed by atoms with Gasteiger partial charge in [-0.2, -0.15) is 0 Å². The van der Waals surface area contributed by atoms with Crippen LogP contribution in [0.2, 0.25) is 0 Å². The van der Waals surface area contributed by atoms with Crippen molar-refractivity contribution < 1.29 is 23.0 Å². The normalized spacial score (nSPS) is 19.9. The number of nitrogens with zero attached hydrogens (tertiary/aromatic N) is 1. The summed E-state index contributed by atoms with van der Waals surface area (Å²) in [6.07, 6.45) is 1.69. The molecule has 2 heterocycles. The molecule has 29 heavy (non-hydrogen) atoms. The van der Waals surface area contributed by atoms with Gasteiger partial charge >= 0.3 is 6.03 Å². The zero-order valence-electron chi connectivity index (χ0n) is 16.1. The van der Waals surface area contributed by atoms with Gasteiger partial charge in [0.25, 0.3) is 0 Å². The zero-order chi connectivity index (χ0) is 20.3. The molecule has 2 amide bonds. The van der Waals surface area contributed by atoms with Crippen LogP contribution in [-0.4, -0.2) is 42.8 Å². The minimum atomic E-state index is -0.455. The van der Waals surface area contributed by atoms with Gasteiger partial charge in [0.15, 0.2) is 0 Å². The number of urea groups is 1. The first-order chi connectivity index (χ1) is 14.0. The average Bonchev–Trinajstić information content (AvgIpc) is 3.12. The number of amides is 2. The summed E-state index contributed by atoms with van der Waals surface area (Å²) in [5.41, 5.74) is 0.431. The van der Waals surface area contributed by atoms with Gasteiger partial charge in [0, 0.05) is 12.2 Å². The Balaban J connectivity index is 1.17. The van der Waals surface area contributed by atoms with Crippen LogP contribution in [0, 0.1) is 17.6 Å². The van der Waals surface area contributed by atoms with E-state index in [1.165, 1.54) is 18.2 Å². The lowest BCUT2D eigenvalue weighted by Crippen LogP contribution is -2.64. The number of para-hydroxylation sites is 1. The standard InChI is InChI=1S/C22H24F2N2O3/c23-18-6-2-1-5-17(18)13-28-10-9-16-11-22(29-12-16)14-26(15-22)21(27)25-20-8-4-3-7-19(20)24/h1-8,16H,9-15H2,(H,25,27). The van der Waals surface area contributed by atoms with Crippen molar-refractivity contribution in [2.75, 3.05) is 31.6 Å². The molecule has 1 N–H and O–H groups in total. The second-order valence-electron chi connectivity index (χ2n) is 7.76. The first-order valence-electron chi connectivity index (χ1n) is 9.80. The van der Waals surface area contributed by atoms with E-state index >= 15 is 0 Å². The quantitative estimate of drug-likeness (QED) is 0.737. The third kappa shape index (κ3) is 4.57. The number of carbonyl (C=O) groups is 1. The Kier molecular flexibility index (Phi) is 5.78. The summed E-state index contributed by atoms with van der Waals surface area (Å²) >= 11 is 0.